The van der Waals surface area contributed by atoms with Crippen LogP contribution in [0.25, 0.3) is 0 Å². The van der Waals surface area contributed by atoms with E-state index in [1.54, 1.807) is 0 Å². The molecule has 0 N–H and O–H groups in total. The Morgan fingerprint density at radius 3 is 2.35 bits per heavy atom. The average molecular weight is 319 g/mol. The normalized spacial score (nSPS) is 10.7. The van der Waals surface area contributed by atoms with E-state index in [4.69, 9.17) is 23.2 Å². The van der Waals surface area contributed by atoms with Crippen molar-refractivity contribution >= 4 is 29.0 Å². The molecule has 1 nitrogen and oxygen atoms in total. The van der Waals surface area contributed by atoms with Crippen molar-refractivity contribution in [2.45, 2.75) is 6.42 Å². The summed E-state index contributed by atoms with van der Waals surface area (Å²) in [5.74, 6) is -3.12. The van der Waals surface area contributed by atoms with Crippen LogP contribution in [0.1, 0.15) is 15.9 Å². The molecular formula is C14H7Cl2F3O. The van der Waals surface area contributed by atoms with Gasteiger partial charge in [-0.2, -0.15) is 0 Å². The Labute approximate surface area is 122 Å². The summed E-state index contributed by atoms with van der Waals surface area (Å²) in [6.45, 7) is 0. The smallest absolute Gasteiger partial charge is 0.170 e. The van der Waals surface area contributed by atoms with Crippen molar-refractivity contribution in [2.75, 3.05) is 0 Å². The van der Waals surface area contributed by atoms with E-state index in [2.05, 4.69) is 0 Å². The van der Waals surface area contributed by atoms with Crippen LogP contribution in [0.3, 0.4) is 0 Å². The summed E-state index contributed by atoms with van der Waals surface area (Å²) < 4.78 is 39.9. The lowest BCUT2D eigenvalue weighted by Crippen LogP contribution is -2.07. The molecule has 0 fully saturated rings. The molecule has 0 saturated heterocycles. The first kappa shape index (κ1) is 14.9. The van der Waals surface area contributed by atoms with Crippen LogP contribution in [-0.4, -0.2) is 5.78 Å². The molecule has 0 amide bonds. The number of benzene rings is 2. The molecule has 20 heavy (non-hydrogen) atoms. The summed E-state index contributed by atoms with van der Waals surface area (Å²) in [6.07, 6.45) is -0.339. The van der Waals surface area contributed by atoms with Gasteiger partial charge in [0.15, 0.2) is 5.78 Å². The molecule has 0 aliphatic heterocycles. The molecular weight excluding hydrogens is 312 g/mol. The maximum atomic E-state index is 13.6. The van der Waals surface area contributed by atoms with Gasteiger partial charge in [-0.25, -0.2) is 13.2 Å². The number of carbonyl (C=O) groups is 1. The van der Waals surface area contributed by atoms with Gasteiger partial charge in [-0.1, -0.05) is 23.2 Å². The number of halogens is 5. The molecule has 0 saturated carbocycles. The highest BCUT2D eigenvalue weighted by atomic mass is 35.5. The molecule has 2 aromatic carbocycles. The third kappa shape index (κ3) is 3.14. The second-order valence-corrected chi connectivity index (χ2v) is 4.90. The van der Waals surface area contributed by atoms with Crippen LogP contribution in [0, 0.1) is 17.5 Å². The summed E-state index contributed by atoms with van der Waals surface area (Å²) in [7, 11) is 0. The predicted molar refractivity (Wildman–Crippen MR) is 70.8 cm³/mol. The first-order valence-electron chi connectivity index (χ1n) is 5.50. The third-order valence-electron chi connectivity index (χ3n) is 2.67. The van der Waals surface area contributed by atoms with Crippen LogP contribution >= 0.6 is 23.2 Å². The second-order valence-electron chi connectivity index (χ2n) is 4.08. The zero-order chi connectivity index (χ0) is 14.9. The van der Waals surface area contributed by atoms with E-state index in [0.717, 1.165) is 18.2 Å². The molecule has 2 aromatic rings. The fourth-order valence-electron chi connectivity index (χ4n) is 1.68. The highest BCUT2D eigenvalue weighted by Crippen LogP contribution is 2.23. The monoisotopic (exact) mass is 318 g/mol. The van der Waals surface area contributed by atoms with E-state index in [1.165, 1.54) is 6.07 Å². The average Bonchev–Trinajstić information content (AvgIpc) is 2.38. The van der Waals surface area contributed by atoms with Crippen molar-refractivity contribution < 1.29 is 18.0 Å². The summed E-state index contributed by atoms with van der Waals surface area (Å²) in [5, 5.41) is -0.238. The van der Waals surface area contributed by atoms with Crippen LogP contribution in [0.15, 0.2) is 30.3 Å². The second kappa shape index (κ2) is 5.85. The van der Waals surface area contributed by atoms with Gasteiger partial charge >= 0.3 is 0 Å². The van der Waals surface area contributed by atoms with E-state index >= 15 is 0 Å². The lowest BCUT2D eigenvalue weighted by Gasteiger charge is -2.06. The number of hydrogen-bond acceptors (Lipinski definition) is 1. The van der Waals surface area contributed by atoms with Gasteiger partial charge in [0.1, 0.15) is 17.5 Å². The number of Topliss-reactive ketones (excluding diaryl/α,β-unsaturated/α-hetero) is 1. The van der Waals surface area contributed by atoms with Gasteiger partial charge in [0.2, 0.25) is 0 Å². The molecule has 0 heterocycles. The number of carbonyl (C=O) groups excluding carboxylic acids is 1. The highest BCUT2D eigenvalue weighted by Gasteiger charge is 2.17. The van der Waals surface area contributed by atoms with E-state index in [-0.39, 0.29) is 17.0 Å². The van der Waals surface area contributed by atoms with Gasteiger partial charge in [0, 0.05) is 11.4 Å². The third-order valence-corrected chi connectivity index (χ3v) is 3.33. The maximum absolute atomic E-state index is 13.6. The molecule has 0 spiro atoms. The Balaban J connectivity index is 2.33. The summed E-state index contributed by atoms with van der Waals surface area (Å²) in [5.41, 5.74) is -0.251. The molecule has 0 aromatic heterocycles. The van der Waals surface area contributed by atoms with Crippen molar-refractivity contribution in [2.24, 2.45) is 0 Å². The Bertz CT molecular complexity index is 686. The van der Waals surface area contributed by atoms with Crippen LogP contribution < -0.4 is 0 Å². The molecule has 6 heteroatoms. The topological polar surface area (TPSA) is 17.1 Å². The minimum Gasteiger partial charge on any atom is -0.294 e. The van der Waals surface area contributed by atoms with Crippen molar-refractivity contribution in [1.82, 2.24) is 0 Å². The molecule has 0 bridgehead atoms. The molecule has 0 aliphatic carbocycles. The molecule has 104 valence electrons. The van der Waals surface area contributed by atoms with Crippen LogP contribution in [0.5, 0.6) is 0 Å². The Hall–Kier alpha value is -1.52. The van der Waals surface area contributed by atoms with Crippen molar-refractivity contribution in [3.05, 3.63) is 69.0 Å². The van der Waals surface area contributed by atoms with Crippen molar-refractivity contribution in [1.29, 1.82) is 0 Å². The Morgan fingerprint density at radius 2 is 1.65 bits per heavy atom. The van der Waals surface area contributed by atoms with E-state index < -0.39 is 33.8 Å². The van der Waals surface area contributed by atoms with Gasteiger partial charge in [-0.15, -0.1) is 0 Å². The van der Waals surface area contributed by atoms with Crippen LogP contribution in [0.2, 0.25) is 10.0 Å². The number of rotatable bonds is 3. The van der Waals surface area contributed by atoms with E-state index in [0.29, 0.717) is 6.07 Å². The predicted octanol–water partition coefficient (Wildman–Crippen LogP) is 4.84. The minimum absolute atomic E-state index is 0.176. The molecule has 0 radical (unpaired) electrons. The van der Waals surface area contributed by atoms with Crippen LogP contribution in [0.4, 0.5) is 13.2 Å². The van der Waals surface area contributed by atoms with Gasteiger partial charge in [-0.05, 0) is 35.9 Å². The number of ketones is 1. The van der Waals surface area contributed by atoms with Gasteiger partial charge in [-0.3, -0.25) is 4.79 Å². The molecule has 0 aliphatic rings. The lowest BCUT2D eigenvalue weighted by atomic mass is 10.0. The van der Waals surface area contributed by atoms with E-state index in [9.17, 15) is 18.0 Å². The minimum atomic E-state index is -0.936. The van der Waals surface area contributed by atoms with Gasteiger partial charge in [0.05, 0.1) is 10.6 Å². The first-order valence-corrected chi connectivity index (χ1v) is 6.25. The molecule has 2 rings (SSSR count). The quantitative estimate of drug-likeness (QED) is 0.585. The fraction of sp³-hybridized carbons (Fsp3) is 0.0714. The maximum Gasteiger partial charge on any atom is 0.170 e. The fourth-order valence-corrected chi connectivity index (χ4v) is 2.02. The highest BCUT2D eigenvalue weighted by molar-refractivity contribution is 6.31. The Kier molecular flexibility index (Phi) is 4.35. The van der Waals surface area contributed by atoms with Crippen molar-refractivity contribution in [3.63, 3.8) is 0 Å². The summed E-state index contributed by atoms with van der Waals surface area (Å²) in [6, 6.07) is 4.94. The zero-order valence-corrected chi connectivity index (χ0v) is 11.4. The molecule has 0 unspecified atom stereocenters. The zero-order valence-electron chi connectivity index (χ0n) is 9.89. The summed E-state index contributed by atoms with van der Waals surface area (Å²) >= 11 is 11.2. The lowest BCUT2D eigenvalue weighted by molar-refractivity contribution is 0.0988. The first-order chi connectivity index (χ1) is 9.38. The van der Waals surface area contributed by atoms with Gasteiger partial charge in [0.25, 0.3) is 0 Å². The standard InChI is InChI=1S/C14H7Cl2F3O/c15-10-2-1-8(17)3-7(10)4-14(20)9-5-13(19)11(16)6-12(9)18/h1-3,5-6H,4H2. The van der Waals surface area contributed by atoms with Crippen LogP contribution in [-0.2, 0) is 6.42 Å². The largest absolute Gasteiger partial charge is 0.294 e. The molecule has 0 atom stereocenters. The van der Waals surface area contributed by atoms with Crippen molar-refractivity contribution in [3.8, 4) is 0 Å². The van der Waals surface area contributed by atoms with Gasteiger partial charge < -0.3 is 0 Å². The van der Waals surface area contributed by atoms with E-state index in [1.807, 2.05) is 0 Å². The summed E-state index contributed by atoms with van der Waals surface area (Å²) in [4.78, 5) is 11.9. The number of hydrogen-bond donors (Lipinski definition) is 0. The Morgan fingerprint density at radius 1 is 0.950 bits per heavy atom. The SMILES string of the molecule is O=C(Cc1cc(F)ccc1Cl)c1cc(F)c(Cl)cc1F.